The van der Waals surface area contributed by atoms with E-state index in [1.807, 2.05) is 0 Å². The summed E-state index contributed by atoms with van der Waals surface area (Å²) < 4.78 is 86.2. The molecule has 1 atom stereocenters. The molecule has 1 N–H and O–H groups in total. The van der Waals surface area contributed by atoms with E-state index in [4.69, 9.17) is 46.9 Å². The molecule has 18 heteroatoms. The van der Waals surface area contributed by atoms with Crippen LogP contribution in [0.5, 0.6) is 17.2 Å². The lowest BCUT2D eigenvalue weighted by molar-refractivity contribution is -0.153. The number of rotatable bonds is 18. The van der Waals surface area contributed by atoms with Crippen LogP contribution in [0.1, 0.15) is 80.5 Å². The predicted octanol–water partition coefficient (Wildman–Crippen LogP) is 8.32. The fourth-order valence-corrected chi connectivity index (χ4v) is 6.88. The predicted molar refractivity (Wildman–Crippen MR) is 196 cm³/mol. The van der Waals surface area contributed by atoms with E-state index in [9.17, 15) is 31.6 Å². The Kier molecular flexibility index (Phi) is 13.7. The van der Waals surface area contributed by atoms with Crippen molar-refractivity contribution in [2.45, 2.75) is 77.6 Å². The van der Waals surface area contributed by atoms with Crippen molar-refractivity contribution in [2.24, 2.45) is 11.8 Å². The number of benzene rings is 2. The van der Waals surface area contributed by atoms with Gasteiger partial charge in [0.15, 0.2) is 18.1 Å². The zero-order chi connectivity index (χ0) is 39.9. The minimum absolute atomic E-state index is 0.00957. The third kappa shape index (κ3) is 13.4. The standard InChI is InChI=1S/C37H40Cl2F2N2O11S/c1-37(2,3)54-36(46)53-29-11-9-24(43-55(47,48)13-12-21-4-5-21)15-26(29)34(45)50-20-33(44)51-31(16-25-27(38)17-42-18-28(25)39)23-8-10-30(52-35(40)41)32(14-23)49-19-22-6-7-22/h8-11,14-15,17-18,21-22,31,35,43H,4-7,12-13,16,19-20H2,1-3H3/t31-/m0/s1. The van der Waals surface area contributed by atoms with E-state index in [1.54, 1.807) is 20.8 Å². The van der Waals surface area contributed by atoms with Gasteiger partial charge in [0.25, 0.3) is 0 Å². The number of halogens is 4. The molecule has 298 valence electrons. The number of aromatic nitrogens is 1. The topological polar surface area (TPSA) is 166 Å². The minimum atomic E-state index is -3.79. The number of ether oxygens (including phenoxy) is 6. The quantitative estimate of drug-likeness (QED) is 0.0742. The maximum atomic E-state index is 13.4. The number of alkyl halides is 2. The molecule has 0 radical (unpaired) electrons. The fourth-order valence-electron chi connectivity index (χ4n) is 5.13. The molecule has 0 unspecified atom stereocenters. The van der Waals surface area contributed by atoms with Gasteiger partial charge in [0.2, 0.25) is 10.0 Å². The number of sulfonamides is 1. The van der Waals surface area contributed by atoms with Crippen LogP contribution in [0.25, 0.3) is 0 Å². The van der Waals surface area contributed by atoms with Gasteiger partial charge in [-0.05, 0) is 93.3 Å². The number of carbonyl (C=O) groups excluding carboxylic acids is 3. The first-order chi connectivity index (χ1) is 25.9. The van der Waals surface area contributed by atoms with Gasteiger partial charge in [-0.1, -0.05) is 42.1 Å². The van der Waals surface area contributed by atoms with Gasteiger partial charge in [-0.3, -0.25) is 9.71 Å². The van der Waals surface area contributed by atoms with Crippen molar-refractivity contribution in [3.63, 3.8) is 0 Å². The van der Waals surface area contributed by atoms with Crippen LogP contribution in [-0.4, -0.2) is 62.7 Å². The number of hydrogen-bond acceptors (Lipinski definition) is 12. The van der Waals surface area contributed by atoms with E-state index >= 15 is 0 Å². The van der Waals surface area contributed by atoms with Crippen LogP contribution >= 0.6 is 23.2 Å². The third-order valence-electron chi connectivity index (χ3n) is 8.21. The van der Waals surface area contributed by atoms with Gasteiger partial charge < -0.3 is 28.4 Å². The summed E-state index contributed by atoms with van der Waals surface area (Å²) in [6, 6.07) is 7.61. The molecule has 0 spiro atoms. The molecule has 5 rings (SSSR count). The summed E-state index contributed by atoms with van der Waals surface area (Å²) in [4.78, 5) is 43.2. The van der Waals surface area contributed by atoms with Crippen molar-refractivity contribution in [3.8, 4) is 17.2 Å². The smallest absolute Gasteiger partial charge is 0.489 e. The van der Waals surface area contributed by atoms with E-state index < -0.39 is 58.6 Å². The van der Waals surface area contributed by atoms with Gasteiger partial charge in [0, 0.05) is 24.5 Å². The molecule has 2 aliphatic carbocycles. The Morgan fingerprint density at radius 3 is 2.25 bits per heavy atom. The Labute approximate surface area is 326 Å². The molecule has 2 fully saturated rings. The lowest BCUT2D eigenvalue weighted by Gasteiger charge is -2.22. The third-order valence-corrected chi connectivity index (χ3v) is 10.2. The highest BCUT2D eigenvalue weighted by Gasteiger charge is 2.29. The average Bonchev–Trinajstić information content (AvgIpc) is 4.03. The molecule has 0 amide bonds. The highest BCUT2D eigenvalue weighted by atomic mass is 35.5. The van der Waals surface area contributed by atoms with Crippen molar-refractivity contribution < 1.29 is 60.0 Å². The first kappa shape index (κ1) is 41.7. The lowest BCUT2D eigenvalue weighted by atomic mass is 10.0. The first-order valence-corrected chi connectivity index (χ1v) is 19.8. The van der Waals surface area contributed by atoms with Crippen LogP contribution < -0.4 is 18.9 Å². The summed E-state index contributed by atoms with van der Waals surface area (Å²) >= 11 is 12.7. The summed E-state index contributed by atoms with van der Waals surface area (Å²) in [6.45, 7) is 0.974. The Balaban J connectivity index is 1.36. The molecule has 1 aromatic heterocycles. The molecule has 2 aliphatic rings. The van der Waals surface area contributed by atoms with Crippen molar-refractivity contribution in [3.05, 3.63) is 75.5 Å². The van der Waals surface area contributed by atoms with Crippen LogP contribution in [-0.2, 0) is 35.4 Å². The van der Waals surface area contributed by atoms with E-state index in [2.05, 4.69) is 14.4 Å². The second-order valence-electron chi connectivity index (χ2n) is 14.1. The molecule has 2 aromatic carbocycles. The summed E-state index contributed by atoms with van der Waals surface area (Å²) in [7, 11) is -3.79. The normalized spacial score (nSPS) is 14.8. The molecule has 3 aromatic rings. The zero-order valence-electron chi connectivity index (χ0n) is 30.2. The largest absolute Gasteiger partial charge is 0.514 e. The molecular formula is C37H40Cl2F2N2O11S. The maximum absolute atomic E-state index is 13.4. The highest BCUT2D eigenvalue weighted by Crippen LogP contribution is 2.38. The van der Waals surface area contributed by atoms with Gasteiger partial charge in [-0.25, -0.2) is 22.8 Å². The van der Waals surface area contributed by atoms with Gasteiger partial charge in [-0.15, -0.1) is 0 Å². The molecule has 0 bridgehead atoms. The van der Waals surface area contributed by atoms with Crippen molar-refractivity contribution >= 4 is 57.0 Å². The van der Waals surface area contributed by atoms with Crippen LogP contribution in [0.3, 0.4) is 0 Å². The molecule has 55 heavy (non-hydrogen) atoms. The zero-order valence-corrected chi connectivity index (χ0v) is 32.5. The number of nitrogens with one attached hydrogen (secondary N) is 1. The molecule has 2 saturated carbocycles. The lowest BCUT2D eigenvalue weighted by Crippen LogP contribution is -2.26. The Hall–Kier alpha value is -4.41. The second kappa shape index (κ2) is 18.0. The molecule has 0 saturated heterocycles. The SMILES string of the molecule is CC(C)(C)OC(=O)Oc1ccc(NS(=O)(=O)CCC2CC2)cc1C(=O)OCC(=O)O[C@@H](Cc1c(Cl)cncc1Cl)c1ccc(OC(F)F)c(OCC2CC2)c1. The number of esters is 2. The van der Waals surface area contributed by atoms with Crippen molar-refractivity contribution in [2.75, 3.05) is 23.7 Å². The van der Waals surface area contributed by atoms with Crippen LogP contribution in [0.4, 0.5) is 19.3 Å². The number of hydrogen-bond donors (Lipinski definition) is 1. The molecule has 1 heterocycles. The molecule has 13 nitrogen and oxygen atoms in total. The fraction of sp³-hybridized carbons (Fsp3) is 0.459. The number of carbonyl (C=O) groups is 3. The van der Waals surface area contributed by atoms with E-state index in [-0.39, 0.29) is 63.2 Å². The molecular weight excluding hydrogens is 789 g/mol. The Morgan fingerprint density at radius 2 is 1.62 bits per heavy atom. The Morgan fingerprint density at radius 1 is 0.945 bits per heavy atom. The number of pyridine rings is 1. The average molecular weight is 830 g/mol. The summed E-state index contributed by atoms with van der Waals surface area (Å²) in [5.41, 5.74) is -0.736. The van der Waals surface area contributed by atoms with Gasteiger partial charge in [0.1, 0.15) is 23.0 Å². The maximum Gasteiger partial charge on any atom is 0.514 e. The van der Waals surface area contributed by atoms with E-state index in [0.717, 1.165) is 31.7 Å². The van der Waals surface area contributed by atoms with E-state index in [0.29, 0.717) is 17.9 Å². The van der Waals surface area contributed by atoms with E-state index in [1.165, 1.54) is 42.7 Å². The van der Waals surface area contributed by atoms with Gasteiger partial charge >= 0.3 is 24.7 Å². The van der Waals surface area contributed by atoms with Crippen LogP contribution in [0.15, 0.2) is 48.8 Å². The Bertz CT molecular complexity index is 1970. The number of nitrogens with zero attached hydrogens (tertiary/aromatic N) is 1. The van der Waals surface area contributed by atoms with Gasteiger partial charge in [-0.2, -0.15) is 8.78 Å². The minimum Gasteiger partial charge on any atom is -0.489 e. The summed E-state index contributed by atoms with van der Waals surface area (Å²) in [6.07, 6.45) is 4.51. The van der Waals surface area contributed by atoms with Crippen molar-refractivity contribution in [1.82, 2.24) is 4.98 Å². The highest BCUT2D eigenvalue weighted by molar-refractivity contribution is 7.92. The summed E-state index contributed by atoms with van der Waals surface area (Å²) in [5.74, 6) is -2.31. The van der Waals surface area contributed by atoms with Crippen LogP contribution in [0, 0.1) is 11.8 Å². The molecule has 0 aliphatic heterocycles. The monoisotopic (exact) mass is 828 g/mol. The summed E-state index contributed by atoms with van der Waals surface area (Å²) in [5, 5.41) is 0.312. The number of anilines is 1. The van der Waals surface area contributed by atoms with Crippen LogP contribution in [0.2, 0.25) is 10.0 Å². The second-order valence-corrected chi connectivity index (χ2v) is 16.8. The van der Waals surface area contributed by atoms with Gasteiger partial charge in [0.05, 0.1) is 22.4 Å². The van der Waals surface area contributed by atoms with Crippen molar-refractivity contribution in [1.29, 1.82) is 0 Å². The first-order valence-electron chi connectivity index (χ1n) is 17.4.